The summed E-state index contributed by atoms with van der Waals surface area (Å²) in [4.78, 5) is 4.49. The number of hydrogen-bond donors (Lipinski definition) is 1. The number of aromatic nitrogens is 1. The number of fused-ring (bicyclic) bond motifs is 1. The summed E-state index contributed by atoms with van der Waals surface area (Å²) in [6.45, 7) is 8.26. The largest absolute Gasteiger partial charge is 0.313 e. The summed E-state index contributed by atoms with van der Waals surface area (Å²) >= 11 is 6.28. The van der Waals surface area contributed by atoms with Crippen LogP contribution in [-0.2, 0) is 0 Å². The average Bonchev–Trinajstić information content (AvgIpc) is 2.40. The molecule has 0 radical (unpaired) electrons. The highest BCUT2D eigenvalue weighted by Gasteiger charge is 2.04. The fourth-order valence-corrected chi connectivity index (χ4v) is 2.35. The molecule has 0 amide bonds. The van der Waals surface area contributed by atoms with Crippen LogP contribution in [0.2, 0.25) is 5.15 Å². The van der Waals surface area contributed by atoms with Gasteiger partial charge in [-0.05, 0) is 44.5 Å². The zero-order valence-corrected chi connectivity index (χ0v) is 13.1. The highest BCUT2D eigenvalue weighted by atomic mass is 35.5. The van der Waals surface area contributed by atoms with E-state index in [1.54, 1.807) is 0 Å². The van der Waals surface area contributed by atoms with E-state index in [1.165, 1.54) is 11.1 Å². The normalized spacial score (nSPS) is 12.1. The van der Waals surface area contributed by atoms with Crippen molar-refractivity contribution in [3.63, 3.8) is 0 Å². The molecule has 0 saturated carbocycles. The molecule has 0 aliphatic heterocycles. The van der Waals surface area contributed by atoms with Crippen LogP contribution in [0.4, 0.5) is 0 Å². The zero-order valence-electron chi connectivity index (χ0n) is 12.3. The highest BCUT2D eigenvalue weighted by Crippen LogP contribution is 2.23. The van der Waals surface area contributed by atoms with Gasteiger partial charge in [-0.3, -0.25) is 0 Å². The molecule has 0 aliphatic carbocycles. The van der Waals surface area contributed by atoms with Crippen molar-refractivity contribution >= 4 is 28.6 Å². The standard InChI is InChI=1S/C17H21ClN2/c1-4-7-19-11-13(3)8-15-10-14-6-5-12(2)9-16(14)20-17(15)18/h5-6,8-10,19H,4,7,11H2,1-3H3. The van der Waals surface area contributed by atoms with E-state index in [9.17, 15) is 0 Å². The van der Waals surface area contributed by atoms with Crippen molar-refractivity contribution in [2.45, 2.75) is 27.2 Å². The van der Waals surface area contributed by atoms with Crippen LogP contribution in [0.3, 0.4) is 0 Å². The Morgan fingerprint density at radius 1 is 1.35 bits per heavy atom. The Kier molecular flexibility index (Phi) is 5.16. The molecular formula is C17H21ClN2. The van der Waals surface area contributed by atoms with Gasteiger partial charge < -0.3 is 5.32 Å². The van der Waals surface area contributed by atoms with Crippen LogP contribution in [0.25, 0.3) is 17.0 Å². The Bertz CT molecular complexity index is 632. The van der Waals surface area contributed by atoms with Gasteiger partial charge in [0.25, 0.3) is 0 Å². The molecule has 0 atom stereocenters. The first-order valence-corrected chi connectivity index (χ1v) is 7.42. The number of aryl methyl sites for hydroxylation is 1. The van der Waals surface area contributed by atoms with Crippen molar-refractivity contribution < 1.29 is 0 Å². The van der Waals surface area contributed by atoms with E-state index in [2.05, 4.69) is 61.4 Å². The molecule has 0 saturated heterocycles. The van der Waals surface area contributed by atoms with E-state index < -0.39 is 0 Å². The van der Waals surface area contributed by atoms with E-state index in [0.717, 1.165) is 36.0 Å². The molecule has 3 heteroatoms. The topological polar surface area (TPSA) is 24.9 Å². The predicted octanol–water partition coefficient (Wildman–Crippen LogP) is 4.60. The van der Waals surface area contributed by atoms with Crippen LogP contribution in [0.15, 0.2) is 29.8 Å². The average molecular weight is 289 g/mol. The van der Waals surface area contributed by atoms with Crippen LogP contribution in [-0.4, -0.2) is 18.1 Å². The second-order valence-electron chi connectivity index (χ2n) is 5.23. The lowest BCUT2D eigenvalue weighted by atomic mass is 10.1. The van der Waals surface area contributed by atoms with E-state index in [4.69, 9.17) is 11.6 Å². The highest BCUT2D eigenvalue weighted by molar-refractivity contribution is 6.31. The van der Waals surface area contributed by atoms with Crippen molar-refractivity contribution in [2.75, 3.05) is 13.1 Å². The Morgan fingerprint density at radius 2 is 2.15 bits per heavy atom. The first-order chi connectivity index (χ1) is 9.60. The lowest BCUT2D eigenvalue weighted by Crippen LogP contribution is -2.16. The third-order valence-corrected chi connectivity index (χ3v) is 3.49. The molecule has 2 nitrogen and oxygen atoms in total. The van der Waals surface area contributed by atoms with Gasteiger partial charge in [0, 0.05) is 17.5 Å². The maximum Gasteiger partial charge on any atom is 0.136 e. The predicted molar refractivity (Wildman–Crippen MR) is 88.3 cm³/mol. The molecule has 0 unspecified atom stereocenters. The summed E-state index contributed by atoms with van der Waals surface area (Å²) in [6, 6.07) is 8.36. The number of benzene rings is 1. The zero-order chi connectivity index (χ0) is 14.5. The molecule has 0 spiro atoms. The Labute approximate surface area is 125 Å². The van der Waals surface area contributed by atoms with Crippen molar-refractivity contribution in [1.29, 1.82) is 0 Å². The number of rotatable bonds is 5. The fourth-order valence-electron chi connectivity index (χ4n) is 2.15. The second-order valence-corrected chi connectivity index (χ2v) is 5.59. The Morgan fingerprint density at radius 3 is 2.90 bits per heavy atom. The van der Waals surface area contributed by atoms with Gasteiger partial charge in [-0.1, -0.05) is 42.3 Å². The van der Waals surface area contributed by atoms with Crippen molar-refractivity contribution in [1.82, 2.24) is 10.3 Å². The molecule has 20 heavy (non-hydrogen) atoms. The minimum absolute atomic E-state index is 0.568. The van der Waals surface area contributed by atoms with Gasteiger partial charge in [0.15, 0.2) is 0 Å². The Balaban J connectivity index is 2.27. The molecule has 1 N–H and O–H groups in total. The summed E-state index contributed by atoms with van der Waals surface area (Å²) in [6.07, 6.45) is 3.25. The molecule has 0 bridgehead atoms. The smallest absolute Gasteiger partial charge is 0.136 e. The van der Waals surface area contributed by atoms with Gasteiger partial charge in [0.1, 0.15) is 5.15 Å². The van der Waals surface area contributed by atoms with Gasteiger partial charge in [0.2, 0.25) is 0 Å². The molecule has 106 valence electrons. The third kappa shape index (κ3) is 3.81. The van der Waals surface area contributed by atoms with Crippen LogP contribution in [0, 0.1) is 6.92 Å². The minimum Gasteiger partial charge on any atom is -0.313 e. The summed E-state index contributed by atoms with van der Waals surface area (Å²) in [5, 5.41) is 5.08. The molecular weight excluding hydrogens is 268 g/mol. The minimum atomic E-state index is 0.568. The number of halogens is 1. The van der Waals surface area contributed by atoms with Gasteiger partial charge in [-0.25, -0.2) is 4.98 Å². The number of pyridine rings is 1. The third-order valence-electron chi connectivity index (χ3n) is 3.19. The monoisotopic (exact) mass is 288 g/mol. The summed E-state index contributed by atoms with van der Waals surface area (Å²) in [5.74, 6) is 0. The summed E-state index contributed by atoms with van der Waals surface area (Å²) in [5.41, 5.74) is 4.39. The number of nitrogens with one attached hydrogen (secondary N) is 1. The van der Waals surface area contributed by atoms with Crippen LogP contribution < -0.4 is 5.32 Å². The first kappa shape index (κ1) is 15.0. The second kappa shape index (κ2) is 6.87. The Hall–Kier alpha value is -1.38. The molecule has 1 aromatic carbocycles. The maximum atomic E-state index is 6.28. The number of hydrogen-bond acceptors (Lipinski definition) is 2. The van der Waals surface area contributed by atoms with E-state index >= 15 is 0 Å². The molecule has 0 aliphatic rings. The van der Waals surface area contributed by atoms with Gasteiger partial charge >= 0.3 is 0 Å². The lowest BCUT2D eigenvalue weighted by molar-refractivity contribution is 0.715. The molecule has 2 aromatic rings. The summed E-state index contributed by atoms with van der Waals surface area (Å²) in [7, 11) is 0. The van der Waals surface area contributed by atoms with Crippen LogP contribution in [0.1, 0.15) is 31.4 Å². The van der Waals surface area contributed by atoms with E-state index in [1.807, 2.05) is 0 Å². The summed E-state index contributed by atoms with van der Waals surface area (Å²) < 4.78 is 0. The van der Waals surface area contributed by atoms with Crippen molar-refractivity contribution in [3.8, 4) is 0 Å². The van der Waals surface area contributed by atoms with Crippen molar-refractivity contribution in [3.05, 3.63) is 46.1 Å². The molecule has 1 aromatic heterocycles. The van der Waals surface area contributed by atoms with E-state index in [-0.39, 0.29) is 0 Å². The van der Waals surface area contributed by atoms with Gasteiger partial charge in [0.05, 0.1) is 5.52 Å². The molecule has 0 fully saturated rings. The maximum absolute atomic E-state index is 6.28. The van der Waals surface area contributed by atoms with E-state index in [0.29, 0.717) is 5.15 Å². The first-order valence-electron chi connectivity index (χ1n) is 7.05. The molecule has 2 rings (SSSR count). The lowest BCUT2D eigenvalue weighted by Gasteiger charge is -2.06. The van der Waals surface area contributed by atoms with Crippen molar-refractivity contribution in [2.24, 2.45) is 0 Å². The SMILES string of the molecule is CCCNCC(C)=Cc1cc2ccc(C)cc2nc1Cl. The van der Waals surface area contributed by atoms with Gasteiger partial charge in [-0.2, -0.15) is 0 Å². The van der Waals surface area contributed by atoms with Gasteiger partial charge in [-0.15, -0.1) is 0 Å². The fraction of sp³-hybridized carbons (Fsp3) is 0.353. The number of nitrogens with zero attached hydrogens (tertiary/aromatic N) is 1. The van der Waals surface area contributed by atoms with Crippen LogP contribution >= 0.6 is 11.6 Å². The molecule has 1 heterocycles. The quantitative estimate of drug-likeness (QED) is 0.642. The van der Waals surface area contributed by atoms with Crippen LogP contribution in [0.5, 0.6) is 0 Å².